The van der Waals surface area contributed by atoms with Crippen LogP contribution in [0.1, 0.15) is 13.3 Å². The molecule has 0 amide bonds. The molecule has 1 fully saturated rings. The minimum Gasteiger partial charge on any atom is -0.376 e. The molecule has 0 aliphatic carbocycles. The van der Waals surface area contributed by atoms with Crippen LogP contribution in [0.5, 0.6) is 0 Å². The molecule has 0 unspecified atom stereocenters. The van der Waals surface area contributed by atoms with E-state index in [9.17, 15) is 4.79 Å². The summed E-state index contributed by atoms with van der Waals surface area (Å²) in [5.41, 5.74) is 5.36. The minimum absolute atomic E-state index is 0.105. The third-order valence-electron chi connectivity index (χ3n) is 1.92. The molecule has 3 nitrogen and oxygen atoms in total. The van der Waals surface area contributed by atoms with Gasteiger partial charge in [-0.05, 0) is 13.3 Å². The lowest BCUT2D eigenvalue weighted by Gasteiger charge is -2.02. The Morgan fingerprint density at radius 2 is 2.50 bits per heavy atom. The molecule has 1 saturated heterocycles. The first kappa shape index (κ1) is 7.69. The average molecular weight is 143 g/mol. The molecular formula is C7H13NO2. The molecule has 58 valence electrons. The lowest BCUT2D eigenvalue weighted by Crippen LogP contribution is -2.19. The summed E-state index contributed by atoms with van der Waals surface area (Å²) in [5.74, 6) is 0.324. The molecular weight excluding hydrogens is 130 g/mol. The Labute approximate surface area is 60.5 Å². The van der Waals surface area contributed by atoms with Crippen molar-refractivity contribution >= 4 is 5.78 Å². The fourth-order valence-corrected chi connectivity index (χ4v) is 1.15. The highest BCUT2D eigenvalue weighted by Gasteiger charge is 2.27. The molecule has 0 saturated carbocycles. The van der Waals surface area contributed by atoms with Gasteiger partial charge in [-0.15, -0.1) is 0 Å². The molecule has 1 heterocycles. The van der Waals surface area contributed by atoms with Crippen LogP contribution >= 0.6 is 0 Å². The van der Waals surface area contributed by atoms with E-state index < -0.39 is 0 Å². The number of ether oxygens (including phenoxy) is 1. The van der Waals surface area contributed by atoms with Gasteiger partial charge in [-0.25, -0.2) is 0 Å². The van der Waals surface area contributed by atoms with E-state index in [1.165, 1.54) is 0 Å². The first-order valence-electron chi connectivity index (χ1n) is 3.56. The number of hydrogen-bond donors (Lipinski definition) is 1. The van der Waals surface area contributed by atoms with Crippen LogP contribution in [0.15, 0.2) is 0 Å². The number of carbonyl (C=O) groups is 1. The minimum atomic E-state index is 0.105. The van der Waals surface area contributed by atoms with Gasteiger partial charge in [0.05, 0.1) is 12.7 Å². The molecule has 2 atom stereocenters. The number of Topliss-reactive ketones (excluding diaryl/α,β-unsaturated/α-hetero) is 1. The SMILES string of the molecule is CC(=O)[C@@H]1CO[C@H](CN)C1. The topological polar surface area (TPSA) is 52.3 Å². The molecule has 0 radical (unpaired) electrons. The summed E-state index contributed by atoms with van der Waals surface area (Å²) in [6.45, 7) is 2.70. The fraction of sp³-hybridized carbons (Fsp3) is 0.857. The summed E-state index contributed by atoms with van der Waals surface area (Å²) in [7, 11) is 0. The van der Waals surface area contributed by atoms with Crippen molar-refractivity contribution < 1.29 is 9.53 Å². The van der Waals surface area contributed by atoms with E-state index in [0.717, 1.165) is 6.42 Å². The van der Waals surface area contributed by atoms with Crippen molar-refractivity contribution in [2.45, 2.75) is 19.4 Å². The van der Waals surface area contributed by atoms with E-state index in [0.29, 0.717) is 13.2 Å². The van der Waals surface area contributed by atoms with Crippen LogP contribution in [0.2, 0.25) is 0 Å². The smallest absolute Gasteiger partial charge is 0.135 e. The standard InChI is InChI=1S/C7H13NO2/c1-5(9)6-2-7(3-8)10-4-6/h6-7H,2-4,8H2,1H3/t6-,7-/m0/s1. The van der Waals surface area contributed by atoms with Crippen molar-refractivity contribution in [1.29, 1.82) is 0 Å². The molecule has 0 aromatic rings. The predicted octanol–water partition coefficient (Wildman–Crippen LogP) is -0.0608. The molecule has 1 aliphatic heterocycles. The third kappa shape index (κ3) is 1.55. The van der Waals surface area contributed by atoms with Crippen LogP contribution in [0, 0.1) is 5.92 Å². The normalized spacial score (nSPS) is 32.6. The maximum absolute atomic E-state index is 10.8. The van der Waals surface area contributed by atoms with Gasteiger partial charge in [0, 0.05) is 12.5 Å². The molecule has 0 spiro atoms. The summed E-state index contributed by atoms with van der Waals surface area (Å²) in [5, 5.41) is 0. The second-order valence-corrected chi connectivity index (χ2v) is 2.73. The van der Waals surface area contributed by atoms with Crippen LogP contribution in [-0.2, 0) is 9.53 Å². The Hall–Kier alpha value is -0.410. The van der Waals surface area contributed by atoms with Crippen molar-refractivity contribution in [2.75, 3.05) is 13.2 Å². The van der Waals surface area contributed by atoms with E-state index in [1.54, 1.807) is 6.92 Å². The second kappa shape index (κ2) is 3.12. The molecule has 3 heteroatoms. The van der Waals surface area contributed by atoms with Gasteiger partial charge >= 0.3 is 0 Å². The Kier molecular flexibility index (Phi) is 2.40. The van der Waals surface area contributed by atoms with Crippen molar-refractivity contribution in [3.63, 3.8) is 0 Å². The lowest BCUT2D eigenvalue weighted by molar-refractivity contribution is -0.120. The van der Waals surface area contributed by atoms with Crippen LogP contribution in [-0.4, -0.2) is 25.0 Å². The predicted molar refractivity (Wildman–Crippen MR) is 37.6 cm³/mol. The lowest BCUT2D eigenvalue weighted by atomic mass is 10.0. The van der Waals surface area contributed by atoms with Crippen molar-refractivity contribution in [1.82, 2.24) is 0 Å². The summed E-state index contributed by atoms with van der Waals surface area (Å²) >= 11 is 0. The van der Waals surface area contributed by atoms with E-state index in [2.05, 4.69) is 0 Å². The maximum atomic E-state index is 10.8. The quantitative estimate of drug-likeness (QED) is 0.589. The number of hydrogen-bond acceptors (Lipinski definition) is 3. The van der Waals surface area contributed by atoms with Crippen LogP contribution in [0.25, 0.3) is 0 Å². The number of ketones is 1. The Morgan fingerprint density at radius 1 is 1.80 bits per heavy atom. The number of nitrogens with two attached hydrogens (primary N) is 1. The molecule has 1 rings (SSSR count). The van der Waals surface area contributed by atoms with Gasteiger partial charge in [-0.1, -0.05) is 0 Å². The zero-order valence-electron chi connectivity index (χ0n) is 6.17. The highest BCUT2D eigenvalue weighted by atomic mass is 16.5. The Bertz CT molecular complexity index is 136. The van der Waals surface area contributed by atoms with E-state index in [4.69, 9.17) is 10.5 Å². The summed E-state index contributed by atoms with van der Waals surface area (Å²) in [6, 6.07) is 0. The molecule has 10 heavy (non-hydrogen) atoms. The zero-order valence-corrected chi connectivity index (χ0v) is 6.17. The van der Waals surface area contributed by atoms with E-state index in [-0.39, 0.29) is 17.8 Å². The van der Waals surface area contributed by atoms with Gasteiger partial charge < -0.3 is 10.5 Å². The molecule has 0 aromatic heterocycles. The van der Waals surface area contributed by atoms with E-state index in [1.807, 2.05) is 0 Å². The first-order valence-corrected chi connectivity index (χ1v) is 3.56. The summed E-state index contributed by atoms with van der Waals surface area (Å²) in [6.07, 6.45) is 0.931. The van der Waals surface area contributed by atoms with Gasteiger partial charge in [0.2, 0.25) is 0 Å². The Balaban J connectivity index is 2.35. The fourth-order valence-electron chi connectivity index (χ4n) is 1.15. The van der Waals surface area contributed by atoms with Crippen molar-refractivity contribution in [3.8, 4) is 0 Å². The Morgan fingerprint density at radius 3 is 2.80 bits per heavy atom. The summed E-state index contributed by atoms with van der Waals surface area (Å²) in [4.78, 5) is 10.8. The summed E-state index contributed by atoms with van der Waals surface area (Å²) < 4.78 is 5.23. The number of rotatable bonds is 2. The van der Waals surface area contributed by atoms with E-state index >= 15 is 0 Å². The number of carbonyl (C=O) groups excluding carboxylic acids is 1. The molecule has 0 bridgehead atoms. The highest BCUT2D eigenvalue weighted by Crippen LogP contribution is 2.18. The average Bonchev–Trinajstić information content (AvgIpc) is 2.34. The molecule has 0 aromatic carbocycles. The van der Waals surface area contributed by atoms with Crippen LogP contribution < -0.4 is 5.73 Å². The van der Waals surface area contributed by atoms with Crippen LogP contribution in [0.4, 0.5) is 0 Å². The zero-order chi connectivity index (χ0) is 7.56. The van der Waals surface area contributed by atoms with Crippen molar-refractivity contribution in [3.05, 3.63) is 0 Å². The largest absolute Gasteiger partial charge is 0.376 e. The third-order valence-corrected chi connectivity index (χ3v) is 1.92. The van der Waals surface area contributed by atoms with Gasteiger partial charge in [0.1, 0.15) is 5.78 Å². The van der Waals surface area contributed by atoms with Crippen molar-refractivity contribution in [2.24, 2.45) is 11.7 Å². The highest BCUT2D eigenvalue weighted by molar-refractivity contribution is 5.78. The van der Waals surface area contributed by atoms with Gasteiger partial charge in [-0.3, -0.25) is 4.79 Å². The first-order chi connectivity index (χ1) is 4.74. The monoisotopic (exact) mass is 143 g/mol. The van der Waals surface area contributed by atoms with Gasteiger partial charge in [-0.2, -0.15) is 0 Å². The second-order valence-electron chi connectivity index (χ2n) is 2.73. The van der Waals surface area contributed by atoms with Crippen LogP contribution in [0.3, 0.4) is 0 Å². The maximum Gasteiger partial charge on any atom is 0.135 e. The van der Waals surface area contributed by atoms with Gasteiger partial charge in [0.15, 0.2) is 0 Å². The van der Waals surface area contributed by atoms with Gasteiger partial charge in [0.25, 0.3) is 0 Å². The molecule has 1 aliphatic rings. The molecule has 2 N–H and O–H groups in total.